The third-order valence-electron chi connectivity index (χ3n) is 1.71. The first-order valence-electron chi connectivity index (χ1n) is 4.31. The molecule has 0 unspecified atom stereocenters. The van der Waals surface area contributed by atoms with Crippen LogP contribution in [0.1, 0.15) is 5.82 Å². The highest BCUT2D eigenvalue weighted by Crippen LogP contribution is 2.11. The van der Waals surface area contributed by atoms with Gasteiger partial charge in [-0.25, -0.2) is 9.97 Å². The van der Waals surface area contributed by atoms with Crippen LogP contribution in [0.5, 0.6) is 0 Å². The van der Waals surface area contributed by atoms with Gasteiger partial charge in [-0.1, -0.05) is 0 Å². The predicted octanol–water partition coefficient (Wildman–Crippen LogP) is 1.92. The van der Waals surface area contributed by atoms with Crippen LogP contribution in [0.2, 0.25) is 0 Å². The van der Waals surface area contributed by atoms with Gasteiger partial charge in [-0.15, -0.1) is 0 Å². The van der Waals surface area contributed by atoms with Gasteiger partial charge in [-0.2, -0.15) is 0 Å². The summed E-state index contributed by atoms with van der Waals surface area (Å²) in [6.45, 7) is 1.86. The van der Waals surface area contributed by atoms with Crippen LogP contribution in [0.4, 0.5) is 11.5 Å². The Labute approximate surface area is 82.1 Å². The second-order valence-electron chi connectivity index (χ2n) is 2.86. The average Bonchev–Trinajstić information content (AvgIpc) is 2.19. The third-order valence-corrected chi connectivity index (χ3v) is 1.71. The van der Waals surface area contributed by atoms with E-state index in [0.29, 0.717) is 0 Å². The maximum Gasteiger partial charge on any atom is 0.134 e. The van der Waals surface area contributed by atoms with E-state index in [9.17, 15) is 0 Å². The van der Waals surface area contributed by atoms with E-state index in [0.717, 1.165) is 17.3 Å². The van der Waals surface area contributed by atoms with E-state index in [2.05, 4.69) is 20.3 Å². The van der Waals surface area contributed by atoms with Crippen molar-refractivity contribution in [1.29, 1.82) is 0 Å². The lowest BCUT2D eigenvalue weighted by molar-refractivity contribution is 1.06. The van der Waals surface area contributed by atoms with Crippen LogP contribution in [0, 0.1) is 6.92 Å². The lowest BCUT2D eigenvalue weighted by atomic mass is 10.4. The maximum atomic E-state index is 4.22. The predicted molar refractivity (Wildman–Crippen MR) is 54.3 cm³/mol. The lowest BCUT2D eigenvalue weighted by Crippen LogP contribution is -1.96. The molecule has 2 aromatic heterocycles. The Hall–Kier alpha value is -1.97. The summed E-state index contributed by atoms with van der Waals surface area (Å²) in [7, 11) is 0. The fraction of sp³-hybridized carbons (Fsp3) is 0.100. The standard InChI is InChI=1S/C10H10N4/c1-8-12-6-4-10(13-8)14-9-3-2-5-11-7-9/h2-7H,1H3,(H,12,13,14). The van der Waals surface area contributed by atoms with Crippen molar-refractivity contribution in [2.45, 2.75) is 6.92 Å². The molecule has 0 spiro atoms. The van der Waals surface area contributed by atoms with Gasteiger partial charge >= 0.3 is 0 Å². The van der Waals surface area contributed by atoms with E-state index in [-0.39, 0.29) is 0 Å². The molecule has 1 N–H and O–H groups in total. The molecule has 0 aromatic carbocycles. The Kier molecular flexibility index (Phi) is 2.36. The van der Waals surface area contributed by atoms with Crippen molar-refractivity contribution in [3.8, 4) is 0 Å². The van der Waals surface area contributed by atoms with E-state index >= 15 is 0 Å². The molecule has 0 saturated carbocycles. The van der Waals surface area contributed by atoms with Crippen molar-refractivity contribution in [3.63, 3.8) is 0 Å². The molecule has 0 radical (unpaired) electrons. The molecule has 0 aliphatic carbocycles. The summed E-state index contributed by atoms with van der Waals surface area (Å²) >= 11 is 0. The average molecular weight is 186 g/mol. The molecule has 0 fully saturated rings. The molecule has 2 aromatic rings. The van der Waals surface area contributed by atoms with Crippen LogP contribution in [0.15, 0.2) is 36.8 Å². The lowest BCUT2D eigenvalue weighted by Gasteiger charge is -2.04. The summed E-state index contributed by atoms with van der Waals surface area (Å²) in [6, 6.07) is 5.63. The van der Waals surface area contributed by atoms with Crippen molar-refractivity contribution in [2.75, 3.05) is 5.32 Å². The van der Waals surface area contributed by atoms with E-state index in [1.54, 1.807) is 18.6 Å². The van der Waals surface area contributed by atoms with Gasteiger partial charge in [0.05, 0.1) is 11.9 Å². The van der Waals surface area contributed by atoms with Crippen molar-refractivity contribution in [2.24, 2.45) is 0 Å². The molecule has 4 heteroatoms. The topological polar surface area (TPSA) is 50.7 Å². The second-order valence-corrected chi connectivity index (χ2v) is 2.86. The van der Waals surface area contributed by atoms with Gasteiger partial charge in [-0.05, 0) is 25.1 Å². The van der Waals surface area contributed by atoms with Crippen LogP contribution in [0.25, 0.3) is 0 Å². The highest BCUT2D eigenvalue weighted by atomic mass is 15.0. The summed E-state index contributed by atoms with van der Waals surface area (Å²) in [5, 5.41) is 3.13. The Morgan fingerprint density at radius 1 is 1.21 bits per heavy atom. The minimum atomic E-state index is 0.749. The third kappa shape index (κ3) is 2.04. The van der Waals surface area contributed by atoms with Crippen LogP contribution in [-0.2, 0) is 0 Å². The number of aryl methyl sites for hydroxylation is 1. The zero-order valence-corrected chi connectivity index (χ0v) is 7.81. The molecular weight excluding hydrogens is 176 g/mol. The van der Waals surface area contributed by atoms with Gasteiger partial charge in [0, 0.05) is 12.4 Å². The Morgan fingerprint density at radius 3 is 2.86 bits per heavy atom. The second kappa shape index (κ2) is 3.83. The molecule has 70 valence electrons. The minimum Gasteiger partial charge on any atom is -0.339 e. The van der Waals surface area contributed by atoms with Crippen LogP contribution in [0.3, 0.4) is 0 Å². The van der Waals surface area contributed by atoms with Gasteiger partial charge in [0.2, 0.25) is 0 Å². The summed E-state index contributed by atoms with van der Waals surface area (Å²) < 4.78 is 0. The summed E-state index contributed by atoms with van der Waals surface area (Å²) in [4.78, 5) is 12.2. The number of rotatable bonds is 2. The number of nitrogens with one attached hydrogen (secondary N) is 1. The number of hydrogen-bond acceptors (Lipinski definition) is 4. The molecule has 0 saturated heterocycles. The number of hydrogen-bond donors (Lipinski definition) is 1. The number of aromatic nitrogens is 3. The highest BCUT2D eigenvalue weighted by Gasteiger charge is 1.95. The Bertz CT molecular complexity index is 413. The van der Waals surface area contributed by atoms with Crippen LogP contribution in [-0.4, -0.2) is 15.0 Å². The van der Waals surface area contributed by atoms with Crippen molar-refractivity contribution >= 4 is 11.5 Å². The van der Waals surface area contributed by atoms with Gasteiger partial charge in [0.1, 0.15) is 11.6 Å². The fourth-order valence-electron chi connectivity index (χ4n) is 1.11. The van der Waals surface area contributed by atoms with Gasteiger partial charge in [0.15, 0.2) is 0 Å². The van der Waals surface area contributed by atoms with Crippen molar-refractivity contribution in [1.82, 2.24) is 15.0 Å². The minimum absolute atomic E-state index is 0.749. The molecule has 4 nitrogen and oxygen atoms in total. The quantitative estimate of drug-likeness (QED) is 0.778. The maximum absolute atomic E-state index is 4.22. The molecule has 0 atom stereocenters. The zero-order valence-electron chi connectivity index (χ0n) is 7.81. The number of anilines is 2. The van der Waals surface area contributed by atoms with E-state index in [1.165, 1.54) is 0 Å². The van der Waals surface area contributed by atoms with Gasteiger partial charge < -0.3 is 5.32 Å². The van der Waals surface area contributed by atoms with E-state index < -0.39 is 0 Å². The molecular formula is C10H10N4. The van der Waals surface area contributed by atoms with Gasteiger partial charge in [-0.3, -0.25) is 4.98 Å². The fourth-order valence-corrected chi connectivity index (χ4v) is 1.11. The van der Waals surface area contributed by atoms with Crippen molar-refractivity contribution in [3.05, 3.63) is 42.6 Å². The smallest absolute Gasteiger partial charge is 0.134 e. The summed E-state index contributed by atoms with van der Waals surface area (Å²) in [5.41, 5.74) is 0.922. The van der Waals surface area contributed by atoms with E-state index in [1.807, 2.05) is 25.1 Å². The monoisotopic (exact) mass is 186 g/mol. The first-order valence-corrected chi connectivity index (χ1v) is 4.31. The van der Waals surface area contributed by atoms with Crippen molar-refractivity contribution < 1.29 is 0 Å². The molecule has 0 aliphatic rings. The Morgan fingerprint density at radius 2 is 2.14 bits per heavy atom. The molecule has 0 amide bonds. The molecule has 14 heavy (non-hydrogen) atoms. The number of pyridine rings is 1. The Balaban J connectivity index is 2.19. The highest BCUT2D eigenvalue weighted by molar-refractivity contribution is 5.53. The largest absolute Gasteiger partial charge is 0.339 e. The summed E-state index contributed by atoms with van der Waals surface area (Å²) in [5.74, 6) is 1.53. The zero-order chi connectivity index (χ0) is 9.80. The normalized spacial score (nSPS) is 9.79. The van der Waals surface area contributed by atoms with Crippen LogP contribution < -0.4 is 5.32 Å². The first-order chi connectivity index (χ1) is 6.84. The SMILES string of the molecule is Cc1nccc(Nc2cccnc2)n1. The van der Waals surface area contributed by atoms with E-state index in [4.69, 9.17) is 0 Å². The van der Waals surface area contributed by atoms with Gasteiger partial charge in [0.25, 0.3) is 0 Å². The molecule has 2 heterocycles. The first kappa shape index (κ1) is 8.62. The number of nitrogens with zero attached hydrogens (tertiary/aromatic N) is 3. The molecule has 0 bridgehead atoms. The van der Waals surface area contributed by atoms with Crippen LogP contribution >= 0.6 is 0 Å². The molecule has 0 aliphatic heterocycles. The molecule has 2 rings (SSSR count). The summed E-state index contributed by atoms with van der Waals surface area (Å²) in [6.07, 6.45) is 5.20.